The molecule has 0 saturated carbocycles. The number of carbonyl (C=O) groups is 2. The number of urea groups is 1. The summed E-state index contributed by atoms with van der Waals surface area (Å²) >= 11 is 0. The smallest absolute Gasteiger partial charge is 0.322 e. The Morgan fingerprint density at radius 3 is 2.60 bits per heavy atom. The number of imide groups is 1. The summed E-state index contributed by atoms with van der Waals surface area (Å²) in [4.78, 5) is 30.3. The second-order valence-corrected chi connectivity index (χ2v) is 7.92. The number of fused-ring (bicyclic) bond motifs is 1. The summed E-state index contributed by atoms with van der Waals surface area (Å²) < 4.78 is 5.98. The van der Waals surface area contributed by atoms with Crippen LogP contribution in [0.3, 0.4) is 0 Å². The maximum atomic E-state index is 12.2. The van der Waals surface area contributed by atoms with Crippen LogP contribution in [0, 0.1) is 12.8 Å². The van der Waals surface area contributed by atoms with Gasteiger partial charge in [-0.25, -0.2) is 4.79 Å². The quantitative estimate of drug-likeness (QED) is 0.248. The van der Waals surface area contributed by atoms with Gasteiger partial charge in [-0.3, -0.25) is 15.1 Å². The first-order valence-corrected chi connectivity index (χ1v) is 9.98. The normalized spacial score (nSPS) is 22.6. The first-order valence-electron chi connectivity index (χ1n) is 9.98. The number of hydrogen-bond acceptors (Lipinski definition) is 4. The van der Waals surface area contributed by atoms with Gasteiger partial charge in [0.2, 0.25) is 0 Å². The number of rotatable bonds is 3. The highest BCUT2D eigenvalue weighted by Crippen LogP contribution is 2.31. The second-order valence-electron chi connectivity index (χ2n) is 7.92. The maximum Gasteiger partial charge on any atom is 0.322 e. The molecule has 9 heteroatoms. The Labute approximate surface area is 192 Å². The van der Waals surface area contributed by atoms with E-state index in [9.17, 15) is 9.59 Å². The van der Waals surface area contributed by atoms with Crippen molar-refractivity contribution in [1.29, 1.82) is 0 Å². The van der Waals surface area contributed by atoms with Crippen molar-refractivity contribution < 1.29 is 14.0 Å². The number of piperidine rings is 1. The molecule has 0 radical (unpaired) electrons. The lowest BCUT2D eigenvalue weighted by molar-refractivity contribution is -0.125. The molecule has 3 amide bonds. The average molecular weight is 525 g/mol. The number of amides is 3. The van der Waals surface area contributed by atoms with Crippen LogP contribution in [-0.2, 0) is 11.3 Å². The van der Waals surface area contributed by atoms with Crippen LogP contribution in [0.25, 0.3) is 11.0 Å². The number of furan rings is 1. The van der Waals surface area contributed by atoms with Gasteiger partial charge in [-0.2, -0.15) is 0 Å². The van der Waals surface area contributed by atoms with Gasteiger partial charge in [-0.1, -0.05) is 18.2 Å². The van der Waals surface area contributed by atoms with Crippen molar-refractivity contribution in [2.24, 2.45) is 10.9 Å². The SMILES string of the molecule is CN=C(NCc1oc2ccccc2c1C)N1CCC(C2(C)NC(=O)NC2=O)CC1.I. The molecule has 0 aliphatic carbocycles. The molecule has 2 aliphatic heterocycles. The third-order valence-corrected chi connectivity index (χ3v) is 6.24. The Morgan fingerprint density at radius 1 is 1.30 bits per heavy atom. The minimum Gasteiger partial charge on any atom is -0.459 e. The van der Waals surface area contributed by atoms with Gasteiger partial charge in [0.05, 0.1) is 6.54 Å². The van der Waals surface area contributed by atoms with E-state index in [4.69, 9.17) is 4.42 Å². The number of para-hydroxylation sites is 1. The monoisotopic (exact) mass is 525 g/mol. The summed E-state index contributed by atoms with van der Waals surface area (Å²) in [7, 11) is 1.77. The molecule has 8 nitrogen and oxygen atoms in total. The van der Waals surface area contributed by atoms with Crippen molar-refractivity contribution >= 4 is 52.8 Å². The van der Waals surface area contributed by atoms with Gasteiger partial charge < -0.3 is 20.0 Å². The van der Waals surface area contributed by atoms with Gasteiger partial charge in [0.25, 0.3) is 5.91 Å². The Hall–Kier alpha value is -2.30. The number of halogens is 1. The summed E-state index contributed by atoms with van der Waals surface area (Å²) in [5.41, 5.74) is 1.20. The minimum absolute atomic E-state index is 0. The van der Waals surface area contributed by atoms with E-state index >= 15 is 0 Å². The Bertz CT molecular complexity index is 980. The molecule has 3 N–H and O–H groups in total. The number of likely N-dealkylation sites (tertiary alicyclic amines) is 1. The largest absolute Gasteiger partial charge is 0.459 e. The highest BCUT2D eigenvalue weighted by Gasteiger charge is 2.48. The maximum absolute atomic E-state index is 12.2. The molecule has 2 saturated heterocycles. The van der Waals surface area contributed by atoms with E-state index < -0.39 is 11.6 Å². The fraction of sp³-hybridized carbons (Fsp3) is 0.476. The zero-order valence-electron chi connectivity index (χ0n) is 17.4. The van der Waals surface area contributed by atoms with Crippen molar-refractivity contribution in [2.45, 2.75) is 38.8 Å². The number of aryl methyl sites for hydroxylation is 1. The lowest BCUT2D eigenvalue weighted by Gasteiger charge is -2.39. The van der Waals surface area contributed by atoms with Crippen LogP contribution in [0.1, 0.15) is 31.1 Å². The number of nitrogens with zero attached hydrogens (tertiary/aromatic N) is 2. The van der Waals surface area contributed by atoms with Crippen molar-refractivity contribution in [3.05, 3.63) is 35.6 Å². The molecule has 2 fully saturated rings. The summed E-state index contributed by atoms with van der Waals surface area (Å²) in [6, 6.07) is 7.62. The van der Waals surface area contributed by atoms with Gasteiger partial charge >= 0.3 is 6.03 Å². The fourth-order valence-electron chi connectivity index (χ4n) is 4.40. The zero-order chi connectivity index (χ0) is 20.6. The number of guanidine groups is 1. The number of benzene rings is 1. The zero-order valence-corrected chi connectivity index (χ0v) is 19.8. The van der Waals surface area contributed by atoms with Crippen molar-refractivity contribution in [3.63, 3.8) is 0 Å². The molecule has 162 valence electrons. The predicted molar refractivity (Wildman–Crippen MR) is 126 cm³/mol. The molecule has 30 heavy (non-hydrogen) atoms. The topological polar surface area (TPSA) is 99.0 Å². The number of carbonyl (C=O) groups excluding carboxylic acids is 2. The Balaban J connectivity index is 0.00000256. The van der Waals surface area contributed by atoms with Gasteiger partial charge in [-0.05, 0) is 38.7 Å². The first kappa shape index (κ1) is 22.4. The Morgan fingerprint density at radius 2 is 2.00 bits per heavy atom. The molecule has 3 heterocycles. The molecule has 0 spiro atoms. The third kappa shape index (κ3) is 3.99. The summed E-state index contributed by atoms with van der Waals surface area (Å²) in [6.45, 7) is 5.97. The lowest BCUT2D eigenvalue weighted by Crippen LogP contribution is -2.55. The fourth-order valence-corrected chi connectivity index (χ4v) is 4.40. The minimum atomic E-state index is -0.828. The van der Waals surface area contributed by atoms with Crippen molar-refractivity contribution in [1.82, 2.24) is 20.9 Å². The molecule has 1 atom stereocenters. The van der Waals surface area contributed by atoms with Crippen LogP contribution in [0.4, 0.5) is 4.79 Å². The van der Waals surface area contributed by atoms with Crippen LogP contribution >= 0.6 is 24.0 Å². The molecule has 1 aromatic carbocycles. The van der Waals surface area contributed by atoms with Gasteiger partial charge in [0.1, 0.15) is 16.9 Å². The Kier molecular flexibility index (Phi) is 6.59. The molecular weight excluding hydrogens is 497 g/mol. The second kappa shape index (κ2) is 8.83. The van der Waals surface area contributed by atoms with Gasteiger partial charge in [-0.15, -0.1) is 24.0 Å². The lowest BCUT2D eigenvalue weighted by atomic mass is 9.79. The van der Waals surface area contributed by atoms with Crippen LogP contribution in [0.2, 0.25) is 0 Å². The molecule has 1 aromatic heterocycles. The van der Waals surface area contributed by atoms with E-state index in [1.165, 1.54) is 0 Å². The van der Waals surface area contributed by atoms with Crippen LogP contribution in [0.15, 0.2) is 33.7 Å². The number of aliphatic imine (C=N–C) groups is 1. The van der Waals surface area contributed by atoms with Gasteiger partial charge in [0.15, 0.2) is 5.96 Å². The van der Waals surface area contributed by atoms with E-state index in [1.807, 2.05) is 25.1 Å². The molecule has 4 rings (SSSR count). The summed E-state index contributed by atoms with van der Waals surface area (Å²) in [6.07, 6.45) is 1.60. The highest BCUT2D eigenvalue weighted by atomic mass is 127. The first-order chi connectivity index (χ1) is 13.9. The molecule has 2 aromatic rings. The van der Waals surface area contributed by atoms with Crippen LogP contribution in [0.5, 0.6) is 0 Å². The molecule has 2 aliphatic rings. The standard InChI is InChI=1S/C21H27N5O3.HI/c1-13-15-6-4-5-7-16(15)29-17(13)12-23-19(22-3)26-10-8-14(9-11-26)21(2)18(27)24-20(28)25-21;/h4-7,14H,8-12H2,1-3H3,(H,22,23)(H2,24,25,27,28);1H. The average Bonchev–Trinajstić information content (AvgIpc) is 3.18. The van der Waals surface area contributed by atoms with Crippen molar-refractivity contribution in [2.75, 3.05) is 20.1 Å². The molecule has 1 unspecified atom stereocenters. The van der Waals surface area contributed by atoms with E-state index in [-0.39, 0.29) is 35.8 Å². The highest BCUT2D eigenvalue weighted by molar-refractivity contribution is 14.0. The van der Waals surface area contributed by atoms with E-state index in [1.54, 1.807) is 7.05 Å². The third-order valence-electron chi connectivity index (χ3n) is 6.24. The number of nitrogens with one attached hydrogen (secondary N) is 3. The van der Waals surface area contributed by atoms with Crippen LogP contribution < -0.4 is 16.0 Å². The molecular formula is C21H28IN5O3. The number of hydrogen-bond donors (Lipinski definition) is 3. The van der Waals surface area contributed by atoms with Gasteiger partial charge in [0, 0.05) is 31.1 Å². The van der Waals surface area contributed by atoms with Crippen LogP contribution in [-0.4, -0.2) is 48.5 Å². The predicted octanol–water partition coefficient (Wildman–Crippen LogP) is 2.74. The summed E-state index contributed by atoms with van der Waals surface area (Å²) in [5, 5.41) is 9.68. The van der Waals surface area contributed by atoms with E-state index in [2.05, 4.69) is 38.8 Å². The van der Waals surface area contributed by atoms with E-state index in [0.29, 0.717) is 6.54 Å². The summed E-state index contributed by atoms with van der Waals surface area (Å²) in [5.74, 6) is 1.58. The molecule has 0 bridgehead atoms. The van der Waals surface area contributed by atoms with E-state index in [0.717, 1.165) is 54.2 Å². The van der Waals surface area contributed by atoms with Crippen molar-refractivity contribution in [3.8, 4) is 0 Å².